The molecule has 0 aromatic heterocycles. The van der Waals surface area contributed by atoms with Crippen molar-refractivity contribution in [1.29, 1.82) is 0 Å². The number of benzene rings is 2. The SMILES string of the molecule is CC(C(=O)c1ccccc1)(c1ccc(O[Si](C)(C)C(C)(C)C)cc1)C(F)(F)F. The lowest BCUT2D eigenvalue weighted by Crippen LogP contribution is -2.46. The third-order valence-electron chi connectivity index (χ3n) is 5.67. The Balaban J connectivity index is 2.43. The molecule has 0 spiro atoms. The first-order valence-corrected chi connectivity index (χ1v) is 12.1. The Labute approximate surface area is 165 Å². The van der Waals surface area contributed by atoms with Crippen molar-refractivity contribution in [3.05, 3.63) is 65.7 Å². The first kappa shape index (κ1) is 22.2. The van der Waals surface area contributed by atoms with Gasteiger partial charge in [0.25, 0.3) is 0 Å². The molecule has 1 unspecified atom stereocenters. The van der Waals surface area contributed by atoms with E-state index in [9.17, 15) is 18.0 Å². The molecule has 1 atom stereocenters. The van der Waals surface area contributed by atoms with Crippen molar-refractivity contribution in [1.82, 2.24) is 0 Å². The van der Waals surface area contributed by atoms with Crippen LogP contribution in [0, 0.1) is 0 Å². The van der Waals surface area contributed by atoms with Gasteiger partial charge in [0.05, 0.1) is 0 Å². The molecule has 28 heavy (non-hydrogen) atoms. The highest BCUT2D eigenvalue weighted by Crippen LogP contribution is 2.44. The number of hydrogen-bond donors (Lipinski definition) is 0. The van der Waals surface area contributed by atoms with E-state index in [0.717, 1.165) is 6.92 Å². The van der Waals surface area contributed by atoms with E-state index in [1.807, 2.05) is 0 Å². The molecule has 0 aliphatic carbocycles. The fourth-order valence-corrected chi connectivity index (χ4v) is 3.64. The standard InChI is InChI=1S/C22H27F3O2Si/c1-20(2,3)28(5,6)27-18-14-12-17(13-15-18)21(4,22(23,24)25)19(26)16-10-8-7-9-11-16/h7-15H,1-6H3. The second kappa shape index (κ2) is 7.39. The molecule has 0 fully saturated rings. The predicted molar refractivity (Wildman–Crippen MR) is 108 cm³/mol. The summed E-state index contributed by atoms with van der Waals surface area (Å²) in [5.74, 6) is -0.453. The minimum Gasteiger partial charge on any atom is -0.544 e. The van der Waals surface area contributed by atoms with Crippen LogP contribution in [0.25, 0.3) is 0 Å². The third kappa shape index (κ3) is 4.16. The van der Waals surface area contributed by atoms with Gasteiger partial charge in [-0.15, -0.1) is 0 Å². The van der Waals surface area contributed by atoms with Gasteiger partial charge in [0.2, 0.25) is 8.32 Å². The van der Waals surface area contributed by atoms with Gasteiger partial charge in [0.15, 0.2) is 11.2 Å². The molecule has 2 rings (SSSR count). The topological polar surface area (TPSA) is 26.3 Å². The van der Waals surface area contributed by atoms with Crippen LogP contribution < -0.4 is 4.43 Å². The first-order chi connectivity index (χ1) is 12.7. The van der Waals surface area contributed by atoms with Crippen LogP contribution in [0.2, 0.25) is 18.1 Å². The van der Waals surface area contributed by atoms with Crippen LogP contribution in [-0.4, -0.2) is 20.3 Å². The Bertz CT molecular complexity index is 822. The van der Waals surface area contributed by atoms with Crippen molar-refractivity contribution in [2.24, 2.45) is 0 Å². The first-order valence-electron chi connectivity index (χ1n) is 9.16. The Hall–Kier alpha value is -2.08. The molecule has 6 heteroatoms. The summed E-state index contributed by atoms with van der Waals surface area (Å²) < 4.78 is 48.2. The molecule has 0 aliphatic rings. The van der Waals surface area contributed by atoms with Crippen LogP contribution in [0.15, 0.2) is 54.6 Å². The van der Waals surface area contributed by atoms with Crippen LogP contribution in [0.3, 0.4) is 0 Å². The molecular formula is C22H27F3O2Si. The molecule has 0 saturated heterocycles. The van der Waals surface area contributed by atoms with Crippen molar-refractivity contribution >= 4 is 14.1 Å². The molecule has 152 valence electrons. The summed E-state index contributed by atoms with van der Waals surface area (Å²) in [6, 6.07) is 13.3. The average molecular weight is 409 g/mol. The highest BCUT2D eigenvalue weighted by Gasteiger charge is 2.57. The van der Waals surface area contributed by atoms with E-state index < -0.39 is 25.7 Å². The van der Waals surface area contributed by atoms with Gasteiger partial charge in [-0.1, -0.05) is 63.2 Å². The molecule has 0 bridgehead atoms. The zero-order valence-electron chi connectivity index (χ0n) is 17.1. The Morgan fingerprint density at radius 1 is 0.857 bits per heavy atom. The molecular weight excluding hydrogens is 381 g/mol. The van der Waals surface area contributed by atoms with E-state index in [2.05, 4.69) is 33.9 Å². The largest absolute Gasteiger partial charge is 0.544 e. The van der Waals surface area contributed by atoms with Gasteiger partial charge in [0, 0.05) is 5.56 Å². The second-order valence-electron chi connectivity index (χ2n) is 8.70. The van der Waals surface area contributed by atoms with Crippen molar-refractivity contribution < 1.29 is 22.4 Å². The lowest BCUT2D eigenvalue weighted by Gasteiger charge is -2.36. The van der Waals surface area contributed by atoms with Crippen LogP contribution in [0.1, 0.15) is 43.6 Å². The van der Waals surface area contributed by atoms with Gasteiger partial charge >= 0.3 is 6.18 Å². The number of halogens is 3. The lowest BCUT2D eigenvalue weighted by atomic mass is 9.75. The Morgan fingerprint density at radius 2 is 1.36 bits per heavy atom. The number of carbonyl (C=O) groups is 1. The molecule has 0 aliphatic heterocycles. The van der Waals surface area contributed by atoms with Crippen molar-refractivity contribution in [2.75, 3.05) is 0 Å². The molecule has 0 radical (unpaired) electrons. The van der Waals surface area contributed by atoms with Crippen LogP contribution in [-0.2, 0) is 5.41 Å². The van der Waals surface area contributed by atoms with E-state index in [1.165, 1.54) is 36.4 Å². The number of rotatable bonds is 5. The minimum atomic E-state index is -4.73. The number of carbonyl (C=O) groups excluding carboxylic acids is 1. The molecule has 0 N–H and O–H groups in total. The van der Waals surface area contributed by atoms with Gasteiger partial charge in [-0.05, 0) is 42.8 Å². The number of Topliss-reactive ketones (excluding diaryl/α,β-unsaturated/α-hetero) is 1. The smallest absolute Gasteiger partial charge is 0.405 e. The summed E-state index contributed by atoms with van der Waals surface area (Å²) in [7, 11) is -2.11. The van der Waals surface area contributed by atoms with Crippen molar-refractivity contribution in [3.8, 4) is 5.75 Å². The predicted octanol–water partition coefficient (Wildman–Crippen LogP) is 6.77. The van der Waals surface area contributed by atoms with Crippen molar-refractivity contribution in [2.45, 2.75) is 57.4 Å². The minimum absolute atomic E-state index is 0.0314. The lowest BCUT2D eigenvalue weighted by molar-refractivity contribution is -0.170. The molecule has 0 amide bonds. The molecule has 2 aromatic carbocycles. The number of hydrogen-bond acceptors (Lipinski definition) is 2. The van der Waals surface area contributed by atoms with E-state index in [0.29, 0.717) is 5.75 Å². The van der Waals surface area contributed by atoms with Crippen LogP contribution in [0.5, 0.6) is 5.75 Å². The van der Waals surface area contributed by atoms with E-state index in [1.54, 1.807) is 18.2 Å². The summed E-state index contributed by atoms with van der Waals surface area (Å²) >= 11 is 0. The highest BCUT2D eigenvalue weighted by atomic mass is 28.4. The number of alkyl halides is 3. The van der Waals surface area contributed by atoms with E-state index in [4.69, 9.17) is 4.43 Å². The van der Waals surface area contributed by atoms with E-state index >= 15 is 0 Å². The third-order valence-corrected chi connectivity index (χ3v) is 10.0. The Kier molecular flexibility index (Phi) is 5.86. The van der Waals surface area contributed by atoms with Gasteiger partial charge in [-0.2, -0.15) is 13.2 Å². The molecule has 0 saturated carbocycles. The average Bonchev–Trinajstić information content (AvgIpc) is 2.59. The summed E-state index contributed by atoms with van der Waals surface area (Å²) in [5.41, 5.74) is -2.70. The van der Waals surface area contributed by atoms with Gasteiger partial charge in [0.1, 0.15) is 5.75 Å². The molecule has 2 nitrogen and oxygen atoms in total. The summed E-state index contributed by atoms with van der Waals surface area (Å²) in [4.78, 5) is 12.8. The number of ketones is 1. The summed E-state index contributed by atoms with van der Waals surface area (Å²) in [6.45, 7) is 11.3. The zero-order chi connectivity index (χ0) is 21.4. The summed E-state index contributed by atoms with van der Waals surface area (Å²) in [5, 5.41) is -0.0323. The quantitative estimate of drug-likeness (QED) is 0.403. The normalized spacial score (nSPS) is 15.0. The zero-order valence-corrected chi connectivity index (χ0v) is 18.1. The molecule has 0 heterocycles. The van der Waals surface area contributed by atoms with Gasteiger partial charge < -0.3 is 4.43 Å². The maximum atomic E-state index is 14.0. The van der Waals surface area contributed by atoms with Gasteiger partial charge in [-0.3, -0.25) is 4.79 Å². The van der Waals surface area contributed by atoms with Crippen LogP contribution in [0.4, 0.5) is 13.2 Å². The monoisotopic (exact) mass is 408 g/mol. The van der Waals surface area contributed by atoms with Crippen LogP contribution >= 0.6 is 0 Å². The van der Waals surface area contributed by atoms with Gasteiger partial charge in [-0.25, -0.2) is 0 Å². The highest BCUT2D eigenvalue weighted by molar-refractivity contribution is 6.74. The fourth-order valence-electron chi connectivity index (χ4n) is 2.61. The fraction of sp³-hybridized carbons (Fsp3) is 0.409. The van der Waals surface area contributed by atoms with Crippen molar-refractivity contribution in [3.63, 3.8) is 0 Å². The maximum absolute atomic E-state index is 14.0. The maximum Gasteiger partial charge on any atom is 0.405 e. The molecule has 2 aromatic rings. The summed E-state index contributed by atoms with van der Waals surface area (Å²) in [6.07, 6.45) is -4.73. The van der Waals surface area contributed by atoms with E-state index in [-0.39, 0.29) is 16.2 Å². The second-order valence-corrected chi connectivity index (χ2v) is 13.4. The Morgan fingerprint density at radius 3 is 1.79 bits per heavy atom.